The van der Waals surface area contributed by atoms with Crippen LogP contribution in [0.4, 0.5) is 10.5 Å². The molecule has 1 aromatic carbocycles. The molecule has 4 heterocycles. The number of carbonyl (C=O) groups is 4. The Labute approximate surface area is 211 Å². The van der Waals surface area contributed by atoms with Gasteiger partial charge in [0.05, 0.1) is 36.5 Å². The standard InChI is InChI=1S/C25H25N5O7/c1-28-23(35)25(29(2)24(28)36)18-17(21(34)19-14(20(18)33)10(5-6-26)8-27-19)16-15-11(7-12(31)22(16)37-25)30(3,4)9-13(15)32/h7-8,13,32H,5-6,9,26H2,1-4H3,(H-,27,31,33,34)/t13?,25-/m0/s1. The maximum atomic E-state index is 14.2. The van der Waals surface area contributed by atoms with Crippen molar-refractivity contribution in [2.24, 2.45) is 5.73 Å². The minimum absolute atomic E-state index is 0.00531. The number of nitrogens with one attached hydrogen (secondary N) is 1. The molecule has 1 spiro atoms. The number of allylic oxidation sites excluding steroid dienone is 1. The molecule has 0 radical (unpaired) electrons. The van der Waals surface area contributed by atoms with Crippen molar-refractivity contribution in [3.8, 4) is 11.5 Å². The van der Waals surface area contributed by atoms with Crippen LogP contribution in [-0.4, -0.2) is 90.4 Å². The van der Waals surface area contributed by atoms with Crippen molar-refractivity contribution in [1.82, 2.24) is 19.3 Å². The van der Waals surface area contributed by atoms with Crippen LogP contribution in [0.5, 0.6) is 11.5 Å². The number of imide groups is 1. The largest absolute Gasteiger partial charge is 0.870 e. The van der Waals surface area contributed by atoms with Crippen LogP contribution in [0.2, 0.25) is 0 Å². The summed E-state index contributed by atoms with van der Waals surface area (Å²) in [7, 11) is 6.12. The minimum atomic E-state index is -2.36. The second kappa shape index (κ2) is 7.06. The number of ether oxygens (including phenoxy) is 1. The molecule has 6 rings (SSSR count). The second-order valence-electron chi connectivity index (χ2n) is 10.4. The number of likely N-dealkylation sites (N-methyl/N-ethyl adjacent to an activating group) is 3. The van der Waals surface area contributed by atoms with Gasteiger partial charge in [0.2, 0.25) is 5.78 Å². The quantitative estimate of drug-likeness (QED) is 0.366. The highest BCUT2D eigenvalue weighted by Gasteiger charge is 2.66. The van der Waals surface area contributed by atoms with Gasteiger partial charge in [-0.05, 0) is 24.6 Å². The van der Waals surface area contributed by atoms with Crippen molar-refractivity contribution in [1.29, 1.82) is 0 Å². The molecule has 0 saturated carbocycles. The minimum Gasteiger partial charge on any atom is -0.870 e. The van der Waals surface area contributed by atoms with Gasteiger partial charge < -0.3 is 25.7 Å². The number of amides is 3. The SMILES string of the molecule is CN1C(=O)N(C)[C@@]2(Oc3c([O-])cc4c(c3C3=C2C(=O)c2c(CCN)c[nH]c2C3=O)C(O)C[N+]4(C)C)C1=O. The molecule has 0 bridgehead atoms. The maximum Gasteiger partial charge on any atom is 0.330 e. The first-order valence-corrected chi connectivity index (χ1v) is 11.8. The van der Waals surface area contributed by atoms with Crippen LogP contribution in [0, 0.1) is 0 Å². The van der Waals surface area contributed by atoms with E-state index in [1.54, 1.807) is 14.1 Å². The lowest BCUT2D eigenvalue weighted by Gasteiger charge is -2.42. The zero-order chi connectivity index (χ0) is 26.8. The zero-order valence-electron chi connectivity index (χ0n) is 20.7. The van der Waals surface area contributed by atoms with Crippen molar-refractivity contribution >= 4 is 34.8 Å². The van der Waals surface area contributed by atoms with Gasteiger partial charge in [0.15, 0.2) is 5.78 Å². The molecule has 1 saturated heterocycles. The van der Waals surface area contributed by atoms with Crippen molar-refractivity contribution in [2.45, 2.75) is 18.2 Å². The number of urea groups is 1. The monoisotopic (exact) mass is 507 g/mol. The number of rotatable bonds is 2. The number of nitrogens with zero attached hydrogens (tertiary/aromatic N) is 3. The van der Waals surface area contributed by atoms with E-state index in [1.165, 1.54) is 26.4 Å². The molecule has 4 aliphatic rings. The summed E-state index contributed by atoms with van der Waals surface area (Å²) in [6.45, 7) is 0.421. The molecule has 12 heteroatoms. The number of Topliss-reactive ketones (excluding diaryl/α,β-unsaturated/α-hetero) is 2. The Bertz CT molecular complexity index is 1520. The van der Waals surface area contributed by atoms with Gasteiger partial charge >= 0.3 is 11.9 Å². The van der Waals surface area contributed by atoms with Gasteiger partial charge in [-0.1, -0.05) is 5.75 Å². The number of quaternary nitrogens is 1. The molecule has 1 unspecified atom stereocenters. The van der Waals surface area contributed by atoms with E-state index in [1.807, 2.05) is 0 Å². The third-order valence-corrected chi connectivity index (χ3v) is 7.89. The average molecular weight is 508 g/mol. The Morgan fingerprint density at radius 1 is 1.22 bits per heavy atom. The van der Waals surface area contributed by atoms with Crippen LogP contribution in [0.3, 0.4) is 0 Å². The Kier molecular flexibility index (Phi) is 4.47. The highest BCUT2D eigenvalue weighted by molar-refractivity contribution is 6.43. The Morgan fingerprint density at radius 3 is 2.54 bits per heavy atom. The smallest absolute Gasteiger partial charge is 0.330 e. The molecule has 3 amide bonds. The van der Waals surface area contributed by atoms with Crippen LogP contribution < -0.4 is 20.1 Å². The fourth-order valence-corrected chi connectivity index (χ4v) is 6.15. The molecule has 2 aromatic rings. The normalized spacial score (nSPS) is 25.5. The zero-order valence-corrected chi connectivity index (χ0v) is 20.7. The number of carbonyl (C=O) groups excluding carboxylic acids is 4. The van der Waals surface area contributed by atoms with Gasteiger partial charge in [0.25, 0.3) is 5.72 Å². The number of H-pyrrole nitrogens is 1. The molecule has 1 aromatic heterocycles. The number of ketones is 2. The third kappa shape index (κ3) is 2.56. The molecule has 3 aliphatic heterocycles. The third-order valence-electron chi connectivity index (χ3n) is 7.89. The number of benzene rings is 1. The molecule has 2 atom stereocenters. The Morgan fingerprint density at radius 2 is 1.92 bits per heavy atom. The fraction of sp³-hybridized carbons (Fsp3) is 0.360. The Hall–Kier alpha value is -4.00. The van der Waals surface area contributed by atoms with Crippen molar-refractivity contribution in [3.05, 3.63) is 45.8 Å². The van der Waals surface area contributed by atoms with E-state index < -0.39 is 41.1 Å². The number of hydrogen-bond acceptors (Lipinski definition) is 8. The molecule has 37 heavy (non-hydrogen) atoms. The number of aliphatic hydroxyl groups is 1. The summed E-state index contributed by atoms with van der Waals surface area (Å²) in [4.78, 5) is 59.5. The fourth-order valence-electron chi connectivity index (χ4n) is 6.15. The maximum absolute atomic E-state index is 14.2. The van der Waals surface area contributed by atoms with Crippen LogP contribution in [-0.2, 0) is 11.2 Å². The summed E-state index contributed by atoms with van der Waals surface area (Å²) >= 11 is 0. The molecule has 1 fully saturated rings. The molecule has 192 valence electrons. The summed E-state index contributed by atoms with van der Waals surface area (Å²) in [5.74, 6) is -3.23. The molecular formula is C25H25N5O7. The predicted octanol–water partition coefficient (Wildman–Crippen LogP) is -0.351. The number of nitrogens with two attached hydrogens (primary N) is 1. The van der Waals surface area contributed by atoms with Crippen LogP contribution in [0.25, 0.3) is 5.57 Å². The van der Waals surface area contributed by atoms with E-state index >= 15 is 0 Å². The predicted molar refractivity (Wildman–Crippen MR) is 128 cm³/mol. The number of aromatic amines is 1. The van der Waals surface area contributed by atoms with Gasteiger partial charge in [0.1, 0.15) is 24.1 Å². The van der Waals surface area contributed by atoms with Gasteiger partial charge in [-0.3, -0.25) is 28.7 Å². The van der Waals surface area contributed by atoms with E-state index in [0.29, 0.717) is 11.3 Å². The lowest BCUT2D eigenvalue weighted by molar-refractivity contribution is -0.271. The number of fused-ring (bicyclic) bond motifs is 6. The number of hydrogen-bond donors (Lipinski definition) is 3. The van der Waals surface area contributed by atoms with E-state index in [2.05, 4.69) is 4.98 Å². The Balaban J connectivity index is 1.76. The summed E-state index contributed by atoms with van der Waals surface area (Å²) in [5.41, 5.74) is 4.06. The van der Waals surface area contributed by atoms with E-state index in [9.17, 15) is 29.4 Å². The first-order valence-electron chi connectivity index (χ1n) is 11.8. The summed E-state index contributed by atoms with van der Waals surface area (Å²) in [6, 6.07) is 0.539. The van der Waals surface area contributed by atoms with Gasteiger partial charge in [0, 0.05) is 31.4 Å². The molecule has 12 nitrogen and oxygen atoms in total. The van der Waals surface area contributed by atoms with Gasteiger partial charge in [-0.15, -0.1) is 0 Å². The highest BCUT2D eigenvalue weighted by atomic mass is 16.5. The summed E-state index contributed by atoms with van der Waals surface area (Å²) in [5, 5.41) is 24.5. The first-order chi connectivity index (χ1) is 17.4. The van der Waals surface area contributed by atoms with E-state index in [0.717, 1.165) is 9.80 Å². The van der Waals surface area contributed by atoms with Crippen molar-refractivity contribution in [2.75, 3.05) is 41.3 Å². The van der Waals surface area contributed by atoms with Crippen molar-refractivity contribution < 1.29 is 34.1 Å². The molecular weight excluding hydrogens is 482 g/mol. The van der Waals surface area contributed by atoms with Gasteiger partial charge in [-0.2, -0.15) is 0 Å². The van der Waals surface area contributed by atoms with E-state index in [-0.39, 0.29) is 63.3 Å². The van der Waals surface area contributed by atoms with E-state index in [4.69, 9.17) is 10.5 Å². The molecule has 4 N–H and O–H groups in total. The van der Waals surface area contributed by atoms with Crippen molar-refractivity contribution in [3.63, 3.8) is 0 Å². The van der Waals surface area contributed by atoms with Crippen LogP contribution in [0.1, 0.15) is 43.6 Å². The summed E-state index contributed by atoms with van der Waals surface area (Å²) < 4.78 is 6.27. The lowest BCUT2D eigenvalue weighted by Crippen LogP contribution is -2.59. The summed E-state index contributed by atoms with van der Waals surface area (Å²) in [6.07, 6.45) is 0.722. The topological polar surface area (TPSA) is 169 Å². The van der Waals surface area contributed by atoms with Gasteiger partial charge in [-0.25, -0.2) is 4.79 Å². The second-order valence-corrected chi connectivity index (χ2v) is 10.4. The van der Waals surface area contributed by atoms with Crippen LogP contribution in [0.15, 0.2) is 17.8 Å². The number of aromatic nitrogens is 1. The van der Waals surface area contributed by atoms with Crippen LogP contribution >= 0.6 is 0 Å². The number of aliphatic hydroxyl groups excluding tert-OH is 1. The average Bonchev–Trinajstić information content (AvgIpc) is 3.41. The first kappa shape index (κ1) is 23.4. The molecule has 1 aliphatic carbocycles. The lowest BCUT2D eigenvalue weighted by atomic mass is 9.74. The highest BCUT2D eigenvalue weighted by Crippen LogP contribution is 2.57.